The number of hydrogen-bond donors (Lipinski definition) is 2. The molecule has 2 aromatic carbocycles. The number of methoxy groups -OCH3 is 1. The molecule has 0 bridgehead atoms. The Hall–Kier alpha value is -3.58. The molecule has 1 amide bonds. The van der Waals surface area contributed by atoms with Gasteiger partial charge < -0.3 is 15.4 Å². The number of para-hydroxylation sites is 1. The number of benzene rings is 2. The number of ketones is 1. The Labute approximate surface area is 190 Å². The zero-order chi connectivity index (χ0) is 22.2. The van der Waals surface area contributed by atoms with Crippen molar-refractivity contribution in [3.8, 4) is 5.75 Å². The maximum Gasteiger partial charge on any atom is 0.261 e. The Bertz CT molecular complexity index is 1250. The Morgan fingerprint density at radius 1 is 1.19 bits per heavy atom. The van der Waals surface area contributed by atoms with Crippen LogP contribution in [0.1, 0.15) is 41.2 Å². The SMILES string of the molecule is COc1ccccc1C1C2=C(CCCC2=O)Nc2c(C(=O)Nc3ccc(Cl)cc3)cnn21. The largest absolute Gasteiger partial charge is 0.496 e. The van der Waals surface area contributed by atoms with Crippen molar-refractivity contribution in [2.24, 2.45) is 0 Å². The van der Waals surface area contributed by atoms with Crippen LogP contribution in [0.2, 0.25) is 5.02 Å². The quantitative estimate of drug-likeness (QED) is 0.597. The average Bonchev–Trinajstić information content (AvgIpc) is 3.23. The second-order valence-corrected chi connectivity index (χ2v) is 8.19. The lowest BCUT2D eigenvalue weighted by atomic mass is 9.85. The fourth-order valence-electron chi connectivity index (χ4n) is 4.34. The molecule has 0 radical (unpaired) electrons. The number of hydrogen-bond acceptors (Lipinski definition) is 5. The summed E-state index contributed by atoms with van der Waals surface area (Å²) in [5.74, 6) is 1.01. The average molecular weight is 449 g/mol. The van der Waals surface area contributed by atoms with Crippen molar-refractivity contribution in [1.29, 1.82) is 0 Å². The van der Waals surface area contributed by atoms with E-state index in [1.165, 1.54) is 6.20 Å². The predicted octanol–water partition coefficient (Wildman–Crippen LogP) is 4.82. The van der Waals surface area contributed by atoms with Crippen molar-refractivity contribution in [3.63, 3.8) is 0 Å². The smallest absolute Gasteiger partial charge is 0.261 e. The molecule has 2 heterocycles. The Morgan fingerprint density at radius 2 is 1.97 bits per heavy atom. The molecule has 1 aliphatic heterocycles. The minimum atomic E-state index is -0.470. The third kappa shape index (κ3) is 3.44. The monoisotopic (exact) mass is 448 g/mol. The molecule has 0 fully saturated rings. The van der Waals surface area contributed by atoms with E-state index in [9.17, 15) is 9.59 Å². The van der Waals surface area contributed by atoms with Gasteiger partial charge in [0.25, 0.3) is 5.91 Å². The van der Waals surface area contributed by atoms with E-state index in [1.807, 2.05) is 24.3 Å². The van der Waals surface area contributed by atoms with E-state index in [1.54, 1.807) is 36.1 Å². The summed E-state index contributed by atoms with van der Waals surface area (Å²) < 4.78 is 7.29. The van der Waals surface area contributed by atoms with Crippen LogP contribution in [-0.4, -0.2) is 28.6 Å². The van der Waals surface area contributed by atoms with Crippen LogP contribution in [0.25, 0.3) is 0 Å². The number of nitrogens with one attached hydrogen (secondary N) is 2. The van der Waals surface area contributed by atoms with Gasteiger partial charge in [0.05, 0.1) is 13.3 Å². The Balaban J connectivity index is 1.59. The van der Waals surface area contributed by atoms with Crippen molar-refractivity contribution in [1.82, 2.24) is 9.78 Å². The number of fused-ring (bicyclic) bond motifs is 1. The first-order chi connectivity index (χ1) is 15.6. The van der Waals surface area contributed by atoms with E-state index in [-0.39, 0.29) is 11.7 Å². The normalized spacial score (nSPS) is 17.3. The van der Waals surface area contributed by atoms with Crippen LogP contribution in [0, 0.1) is 0 Å². The van der Waals surface area contributed by atoms with E-state index < -0.39 is 6.04 Å². The summed E-state index contributed by atoms with van der Waals surface area (Å²) in [6, 6.07) is 14.0. The van der Waals surface area contributed by atoms with Gasteiger partial charge in [-0.15, -0.1) is 0 Å². The number of allylic oxidation sites excluding steroid dienone is 2. The zero-order valence-corrected chi connectivity index (χ0v) is 18.1. The molecule has 0 saturated carbocycles. The summed E-state index contributed by atoms with van der Waals surface area (Å²) in [6.45, 7) is 0. The van der Waals surface area contributed by atoms with E-state index in [2.05, 4.69) is 15.7 Å². The highest BCUT2D eigenvalue weighted by atomic mass is 35.5. The standard InChI is InChI=1S/C24H21ClN4O3/c1-32-20-8-3-2-5-16(20)22-21-18(6-4-7-19(21)30)28-23-17(13-26-29(22)23)24(31)27-15-11-9-14(25)10-12-15/h2-3,5,8-13,22,28H,4,6-7H2,1H3,(H,27,31). The number of halogens is 1. The molecule has 0 saturated heterocycles. The number of Topliss-reactive ketones (excluding diaryl/α,β-unsaturated/α-hetero) is 1. The van der Waals surface area contributed by atoms with Crippen LogP contribution < -0.4 is 15.4 Å². The van der Waals surface area contributed by atoms with E-state index >= 15 is 0 Å². The third-order valence-electron chi connectivity index (χ3n) is 5.82. The number of rotatable bonds is 4. The van der Waals surface area contributed by atoms with Gasteiger partial charge >= 0.3 is 0 Å². The number of ether oxygens (including phenoxy) is 1. The van der Waals surface area contributed by atoms with Gasteiger partial charge in [0.1, 0.15) is 23.2 Å². The first kappa shape index (κ1) is 20.3. The first-order valence-corrected chi connectivity index (χ1v) is 10.7. The van der Waals surface area contributed by atoms with Gasteiger partial charge in [-0.25, -0.2) is 4.68 Å². The van der Waals surface area contributed by atoms with Crippen LogP contribution >= 0.6 is 11.6 Å². The minimum Gasteiger partial charge on any atom is -0.496 e. The highest BCUT2D eigenvalue weighted by Gasteiger charge is 2.38. The summed E-state index contributed by atoms with van der Waals surface area (Å²) >= 11 is 5.94. The third-order valence-corrected chi connectivity index (χ3v) is 6.07. The summed E-state index contributed by atoms with van der Waals surface area (Å²) in [5.41, 5.74) is 3.37. The lowest BCUT2D eigenvalue weighted by Crippen LogP contribution is -2.32. The zero-order valence-electron chi connectivity index (χ0n) is 17.4. The second kappa shape index (κ2) is 8.16. The van der Waals surface area contributed by atoms with Crippen molar-refractivity contribution < 1.29 is 14.3 Å². The molecular formula is C24H21ClN4O3. The van der Waals surface area contributed by atoms with E-state index in [4.69, 9.17) is 16.3 Å². The molecule has 1 aromatic heterocycles. The van der Waals surface area contributed by atoms with Crippen LogP contribution in [0.3, 0.4) is 0 Å². The van der Waals surface area contributed by atoms with Gasteiger partial charge in [0.15, 0.2) is 5.78 Å². The molecular weight excluding hydrogens is 428 g/mol. The molecule has 32 heavy (non-hydrogen) atoms. The number of carbonyl (C=O) groups excluding carboxylic acids is 2. The van der Waals surface area contributed by atoms with Crippen LogP contribution in [0.4, 0.5) is 11.5 Å². The highest BCUT2D eigenvalue weighted by molar-refractivity contribution is 6.30. The summed E-state index contributed by atoms with van der Waals surface area (Å²) in [7, 11) is 1.60. The number of aromatic nitrogens is 2. The van der Waals surface area contributed by atoms with Gasteiger partial charge in [-0.05, 0) is 43.2 Å². The van der Waals surface area contributed by atoms with Gasteiger partial charge in [0, 0.05) is 34.0 Å². The number of amides is 1. The highest BCUT2D eigenvalue weighted by Crippen LogP contribution is 2.43. The maximum absolute atomic E-state index is 13.1. The molecule has 7 nitrogen and oxygen atoms in total. The molecule has 1 unspecified atom stereocenters. The summed E-state index contributed by atoms with van der Waals surface area (Å²) in [6.07, 6.45) is 3.52. The van der Waals surface area contributed by atoms with Gasteiger partial charge in [0.2, 0.25) is 0 Å². The number of anilines is 2. The van der Waals surface area contributed by atoms with Gasteiger partial charge in [-0.2, -0.15) is 5.10 Å². The number of nitrogens with zero attached hydrogens (tertiary/aromatic N) is 2. The predicted molar refractivity (Wildman–Crippen MR) is 122 cm³/mol. The van der Waals surface area contributed by atoms with E-state index in [0.717, 1.165) is 24.1 Å². The molecule has 8 heteroatoms. The maximum atomic E-state index is 13.1. The fourth-order valence-corrected chi connectivity index (χ4v) is 4.46. The van der Waals surface area contributed by atoms with Crippen molar-refractivity contribution in [2.45, 2.75) is 25.3 Å². The van der Waals surface area contributed by atoms with E-state index in [0.29, 0.717) is 39.8 Å². The van der Waals surface area contributed by atoms with Crippen LogP contribution in [-0.2, 0) is 4.79 Å². The molecule has 5 rings (SSSR count). The molecule has 162 valence electrons. The number of carbonyl (C=O) groups is 2. The second-order valence-electron chi connectivity index (χ2n) is 7.75. The van der Waals surface area contributed by atoms with Crippen molar-refractivity contribution in [2.75, 3.05) is 17.7 Å². The van der Waals surface area contributed by atoms with Crippen molar-refractivity contribution >= 4 is 34.8 Å². The molecule has 1 atom stereocenters. The lowest BCUT2D eigenvalue weighted by Gasteiger charge is -2.34. The van der Waals surface area contributed by atoms with Crippen LogP contribution in [0.5, 0.6) is 5.75 Å². The molecule has 3 aromatic rings. The molecule has 2 N–H and O–H groups in total. The topological polar surface area (TPSA) is 85.2 Å². The molecule has 0 spiro atoms. The summed E-state index contributed by atoms with van der Waals surface area (Å²) in [5, 5.41) is 11.3. The summed E-state index contributed by atoms with van der Waals surface area (Å²) in [4.78, 5) is 26.0. The molecule has 2 aliphatic rings. The minimum absolute atomic E-state index is 0.0861. The van der Waals surface area contributed by atoms with Gasteiger partial charge in [-0.1, -0.05) is 29.8 Å². The Kier molecular flexibility index (Phi) is 5.19. The molecule has 1 aliphatic carbocycles. The lowest BCUT2D eigenvalue weighted by molar-refractivity contribution is -0.116. The fraction of sp³-hybridized carbons (Fsp3) is 0.208. The van der Waals surface area contributed by atoms with Gasteiger partial charge in [-0.3, -0.25) is 9.59 Å². The Morgan fingerprint density at radius 3 is 2.75 bits per heavy atom. The van der Waals surface area contributed by atoms with Crippen molar-refractivity contribution in [3.05, 3.63) is 82.1 Å². The van der Waals surface area contributed by atoms with Crippen LogP contribution in [0.15, 0.2) is 66.0 Å². The first-order valence-electron chi connectivity index (χ1n) is 10.4.